The van der Waals surface area contributed by atoms with E-state index in [0.717, 1.165) is 32.2 Å². The molecule has 1 fully saturated rings. The molecule has 1 aliphatic heterocycles. The maximum Gasteiger partial charge on any atom is 0.223 e. The highest BCUT2D eigenvalue weighted by Gasteiger charge is 2.34. The first-order valence-electron chi connectivity index (χ1n) is 8.60. The van der Waals surface area contributed by atoms with E-state index in [9.17, 15) is 4.79 Å². The Bertz CT molecular complexity index is 552. The van der Waals surface area contributed by atoms with Gasteiger partial charge >= 0.3 is 0 Å². The van der Waals surface area contributed by atoms with Crippen LogP contribution in [0.25, 0.3) is 0 Å². The van der Waals surface area contributed by atoms with Crippen LogP contribution in [0.3, 0.4) is 0 Å². The van der Waals surface area contributed by atoms with Gasteiger partial charge in [0.1, 0.15) is 0 Å². The summed E-state index contributed by atoms with van der Waals surface area (Å²) in [5.41, 5.74) is 2.92. The monoisotopic (exact) mass is 300 g/mol. The third-order valence-electron chi connectivity index (χ3n) is 5.43. The Morgan fingerprint density at radius 1 is 1.27 bits per heavy atom. The number of hydrogen-bond acceptors (Lipinski definition) is 2. The third kappa shape index (κ3) is 3.05. The summed E-state index contributed by atoms with van der Waals surface area (Å²) in [6.45, 7) is 7.72. The standard InChI is InChI=1S/C19H28N2O/c1-13-12-14(9-11-20-13)18(22)21-17-8-10-19(2,3)16-7-5-4-6-15(16)17/h4-7,13-14,17,20H,8-12H2,1-3H3,(H,21,22)/t13-,14-,17?/m0/s1. The molecule has 0 aromatic heterocycles. The van der Waals surface area contributed by atoms with Gasteiger partial charge in [-0.3, -0.25) is 4.79 Å². The van der Waals surface area contributed by atoms with Gasteiger partial charge in [0, 0.05) is 12.0 Å². The molecule has 0 spiro atoms. The molecule has 1 aliphatic carbocycles. The molecule has 2 N–H and O–H groups in total. The maximum absolute atomic E-state index is 12.6. The van der Waals surface area contributed by atoms with Gasteiger partial charge in [-0.2, -0.15) is 0 Å². The highest BCUT2D eigenvalue weighted by atomic mass is 16.1. The molecule has 2 aliphatic rings. The minimum atomic E-state index is 0.165. The maximum atomic E-state index is 12.6. The second-order valence-electron chi connectivity index (χ2n) is 7.65. The van der Waals surface area contributed by atoms with Gasteiger partial charge in [0.05, 0.1) is 6.04 Å². The summed E-state index contributed by atoms with van der Waals surface area (Å²) in [5.74, 6) is 0.409. The third-order valence-corrected chi connectivity index (χ3v) is 5.43. The Hall–Kier alpha value is -1.35. The highest BCUT2D eigenvalue weighted by molar-refractivity contribution is 5.79. The molecule has 0 bridgehead atoms. The lowest BCUT2D eigenvalue weighted by Gasteiger charge is -2.38. The molecule has 120 valence electrons. The van der Waals surface area contributed by atoms with Gasteiger partial charge in [-0.15, -0.1) is 0 Å². The summed E-state index contributed by atoms with van der Waals surface area (Å²) in [5, 5.41) is 6.75. The summed E-state index contributed by atoms with van der Waals surface area (Å²) in [4.78, 5) is 12.6. The second-order valence-corrected chi connectivity index (χ2v) is 7.65. The normalized spacial score (nSPS) is 30.4. The van der Waals surface area contributed by atoms with Crippen LogP contribution in [0.15, 0.2) is 24.3 Å². The number of hydrogen-bond donors (Lipinski definition) is 2. The van der Waals surface area contributed by atoms with Crippen LogP contribution >= 0.6 is 0 Å². The minimum Gasteiger partial charge on any atom is -0.349 e. The van der Waals surface area contributed by atoms with Gasteiger partial charge in [0.25, 0.3) is 0 Å². The van der Waals surface area contributed by atoms with E-state index in [4.69, 9.17) is 0 Å². The van der Waals surface area contributed by atoms with Crippen LogP contribution in [0.1, 0.15) is 63.6 Å². The van der Waals surface area contributed by atoms with Crippen molar-refractivity contribution in [2.45, 2.75) is 64.0 Å². The molecular formula is C19H28N2O. The van der Waals surface area contributed by atoms with Gasteiger partial charge in [0.2, 0.25) is 5.91 Å². The number of benzene rings is 1. The van der Waals surface area contributed by atoms with Crippen LogP contribution in [0, 0.1) is 5.92 Å². The van der Waals surface area contributed by atoms with Crippen molar-refractivity contribution in [2.75, 3.05) is 6.54 Å². The molecule has 1 heterocycles. The van der Waals surface area contributed by atoms with E-state index in [1.165, 1.54) is 11.1 Å². The van der Waals surface area contributed by atoms with Crippen molar-refractivity contribution in [3.05, 3.63) is 35.4 Å². The molecule has 1 unspecified atom stereocenters. The van der Waals surface area contributed by atoms with Gasteiger partial charge in [0.15, 0.2) is 0 Å². The predicted molar refractivity (Wildman–Crippen MR) is 89.8 cm³/mol. The van der Waals surface area contributed by atoms with Crippen molar-refractivity contribution in [1.82, 2.24) is 10.6 Å². The van der Waals surface area contributed by atoms with Crippen LogP contribution in [-0.2, 0) is 10.2 Å². The lowest BCUT2D eigenvalue weighted by Crippen LogP contribution is -2.44. The Balaban J connectivity index is 1.74. The van der Waals surface area contributed by atoms with Crippen molar-refractivity contribution in [3.63, 3.8) is 0 Å². The summed E-state index contributed by atoms with van der Waals surface area (Å²) in [6.07, 6.45) is 4.07. The molecule has 1 amide bonds. The van der Waals surface area contributed by atoms with Crippen molar-refractivity contribution in [1.29, 1.82) is 0 Å². The number of amides is 1. The quantitative estimate of drug-likeness (QED) is 0.880. The fraction of sp³-hybridized carbons (Fsp3) is 0.632. The first kappa shape index (κ1) is 15.5. The van der Waals surface area contributed by atoms with Gasteiger partial charge in [-0.05, 0) is 55.7 Å². The van der Waals surface area contributed by atoms with Crippen LogP contribution < -0.4 is 10.6 Å². The zero-order chi connectivity index (χ0) is 15.7. The second kappa shape index (κ2) is 6.04. The van der Waals surface area contributed by atoms with Crippen molar-refractivity contribution < 1.29 is 4.79 Å². The average molecular weight is 300 g/mol. The van der Waals surface area contributed by atoms with E-state index in [0.29, 0.717) is 6.04 Å². The van der Waals surface area contributed by atoms with Gasteiger partial charge in [-0.25, -0.2) is 0 Å². The molecule has 0 saturated carbocycles. The van der Waals surface area contributed by atoms with Crippen LogP contribution in [0.2, 0.25) is 0 Å². The van der Waals surface area contributed by atoms with Crippen LogP contribution in [0.5, 0.6) is 0 Å². The molecular weight excluding hydrogens is 272 g/mol. The first-order chi connectivity index (χ1) is 10.5. The molecule has 1 aromatic rings. The Morgan fingerprint density at radius 2 is 2.05 bits per heavy atom. The number of fused-ring (bicyclic) bond motifs is 1. The molecule has 3 atom stereocenters. The van der Waals surface area contributed by atoms with E-state index < -0.39 is 0 Å². The minimum absolute atomic E-state index is 0.165. The first-order valence-corrected chi connectivity index (χ1v) is 8.60. The fourth-order valence-electron chi connectivity index (χ4n) is 4.02. The average Bonchev–Trinajstić information content (AvgIpc) is 2.50. The van der Waals surface area contributed by atoms with Crippen molar-refractivity contribution in [2.24, 2.45) is 5.92 Å². The molecule has 22 heavy (non-hydrogen) atoms. The SMILES string of the molecule is C[C@H]1C[C@@H](C(=O)NC2CCC(C)(C)c3ccccc32)CCN1. The highest BCUT2D eigenvalue weighted by Crippen LogP contribution is 2.41. The van der Waals surface area contributed by atoms with Crippen molar-refractivity contribution in [3.8, 4) is 0 Å². The largest absolute Gasteiger partial charge is 0.349 e. The molecule has 3 heteroatoms. The van der Waals surface area contributed by atoms with Crippen LogP contribution in [-0.4, -0.2) is 18.5 Å². The Morgan fingerprint density at radius 3 is 2.82 bits per heavy atom. The number of piperidine rings is 1. The van der Waals surface area contributed by atoms with E-state index in [-0.39, 0.29) is 23.3 Å². The van der Waals surface area contributed by atoms with Crippen molar-refractivity contribution >= 4 is 5.91 Å². The van der Waals surface area contributed by atoms with E-state index in [1.807, 2.05) is 0 Å². The summed E-state index contributed by atoms with van der Waals surface area (Å²) in [7, 11) is 0. The molecule has 1 saturated heterocycles. The molecule has 0 radical (unpaired) electrons. The van der Waals surface area contributed by atoms with Crippen LogP contribution in [0.4, 0.5) is 0 Å². The molecule has 3 nitrogen and oxygen atoms in total. The molecule has 3 rings (SSSR count). The number of nitrogens with one attached hydrogen (secondary N) is 2. The Labute approximate surface area is 133 Å². The zero-order valence-corrected chi connectivity index (χ0v) is 14.0. The number of carbonyl (C=O) groups excluding carboxylic acids is 1. The van der Waals surface area contributed by atoms with Gasteiger partial charge in [-0.1, -0.05) is 38.1 Å². The lowest BCUT2D eigenvalue weighted by molar-refractivity contribution is -0.127. The predicted octanol–water partition coefficient (Wildman–Crippen LogP) is 3.30. The summed E-state index contributed by atoms with van der Waals surface area (Å²) < 4.78 is 0. The molecule has 1 aromatic carbocycles. The summed E-state index contributed by atoms with van der Waals surface area (Å²) in [6, 6.07) is 9.24. The Kier molecular flexibility index (Phi) is 4.26. The van der Waals surface area contributed by atoms with Gasteiger partial charge < -0.3 is 10.6 Å². The van der Waals surface area contributed by atoms with E-state index >= 15 is 0 Å². The van der Waals surface area contributed by atoms with E-state index in [1.54, 1.807) is 0 Å². The van der Waals surface area contributed by atoms with E-state index in [2.05, 4.69) is 55.7 Å². The summed E-state index contributed by atoms with van der Waals surface area (Å²) >= 11 is 0. The zero-order valence-electron chi connectivity index (χ0n) is 14.0. The lowest BCUT2D eigenvalue weighted by atomic mass is 9.71. The smallest absolute Gasteiger partial charge is 0.223 e. The fourth-order valence-corrected chi connectivity index (χ4v) is 4.02. The topological polar surface area (TPSA) is 41.1 Å². The number of carbonyl (C=O) groups is 1. The number of rotatable bonds is 2.